The van der Waals surface area contributed by atoms with Crippen molar-refractivity contribution in [2.75, 3.05) is 13.1 Å². The molecular formula is C22H29NO3. The fourth-order valence-corrected chi connectivity index (χ4v) is 3.77. The van der Waals surface area contributed by atoms with Crippen molar-refractivity contribution in [2.45, 2.75) is 50.4 Å². The van der Waals surface area contributed by atoms with E-state index in [2.05, 4.69) is 17.0 Å². The summed E-state index contributed by atoms with van der Waals surface area (Å²) in [7, 11) is 0. The quantitative estimate of drug-likeness (QED) is 0.744. The molecule has 2 aromatic rings. The highest BCUT2D eigenvalue weighted by molar-refractivity contribution is 5.28. The Kier molecular flexibility index (Phi) is 5.97. The number of aryl methyl sites for hydroxylation is 1. The molecule has 26 heavy (non-hydrogen) atoms. The van der Waals surface area contributed by atoms with Crippen LogP contribution in [0, 0.1) is 0 Å². The van der Waals surface area contributed by atoms with E-state index in [1.807, 2.05) is 25.1 Å². The van der Waals surface area contributed by atoms with E-state index in [0.717, 1.165) is 44.3 Å². The van der Waals surface area contributed by atoms with Gasteiger partial charge in [0, 0.05) is 19.1 Å². The highest BCUT2D eigenvalue weighted by Gasteiger charge is 2.35. The maximum Gasteiger partial charge on any atom is 0.115 e. The summed E-state index contributed by atoms with van der Waals surface area (Å²) in [4.78, 5) is 2.24. The van der Waals surface area contributed by atoms with E-state index < -0.39 is 11.7 Å². The van der Waals surface area contributed by atoms with Crippen LogP contribution in [0.5, 0.6) is 5.75 Å². The molecule has 3 N–H and O–H groups in total. The first kappa shape index (κ1) is 18.9. The predicted molar refractivity (Wildman–Crippen MR) is 103 cm³/mol. The van der Waals surface area contributed by atoms with E-state index in [9.17, 15) is 15.3 Å². The highest BCUT2D eigenvalue weighted by atomic mass is 16.3. The third-order valence-corrected chi connectivity index (χ3v) is 5.72. The average molecular weight is 355 g/mol. The zero-order valence-electron chi connectivity index (χ0n) is 15.4. The minimum atomic E-state index is -0.616. The molecule has 0 aromatic heterocycles. The fraction of sp³-hybridized carbons (Fsp3) is 0.455. The Bertz CT molecular complexity index is 678. The average Bonchev–Trinajstić information content (AvgIpc) is 2.67. The van der Waals surface area contributed by atoms with Crippen molar-refractivity contribution in [1.82, 2.24) is 4.90 Å². The number of nitrogens with zero attached hydrogens (tertiary/aromatic N) is 1. The molecular weight excluding hydrogens is 326 g/mol. The van der Waals surface area contributed by atoms with E-state index in [1.54, 1.807) is 24.3 Å². The Labute approximate surface area is 155 Å². The number of likely N-dealkylation sites (tertiary alicyclic amines) is 1. The number of hydrogen-bond acceptors (Lipinski definition) is 4. The maximum absolute atomic E-state index is 10.9. The lowest BCUT2D eigenvalue weighted by Gasteiger charge is -2.42. The Morgan fingerprint density at radius 3 is 2.23 bits per heavy atom. The molecule has 1 fully saturated rings. The van der Waals surface area contributed by atoms with Crippen molar-refractivity contribution < 1.29 is 15.3 Å². The summed E-state index contributed by atoms with van der Waals surface area (Å²) in [5.41, 5.74) is 1.45. The van der Waals surface area contributed by atoms with Gasteiger partial charge in [-0.1, -0.05) is 42.5 Å². The number of hydrogen-bond donors (Lipinski definition) is 3. The summed E-state index contributed by atoms with van der Waals surface area (Å²) in [5.74, 6) is 0.204. The third kappa shape index (κ3) is 4.64. The van der Waals surface area contributed by atoms with Crippen LogP contribution in [0.25, 0.3) is 0 Å². The lowest BCUT2D eigenvalue weighted by Crippen LogP contribution is -2.49. The SMILES string of the molecule is CC(C(O)c1ccc(O)cc1)N1CCC(O)(CCc2ccccc2)CC1. The number of benzene rings is 2. The van der Waals surface area contributed by atoms with Gasteiger partial charge in [-0.2, -0.15) is 0 Å². The van der Waals surface area contributed by atoms with Gasteiger partial charge < -0.3 is 15.3 Å². The minimum Gasteiger partial charge on any atom is -0.508 e. The molecule has 1 aliphatic heterocycles. The Morgan fingerprint density at radius 1 is 1.00 bits per heavy atom. The second kappa shape index (κ2) is 8.21. The zero-order valence-corrected chi connectivity index (χ0v) is 15.4. The van der Waals surface area contributed by atoms with Gasteiger partial charge in [-0.05, 0) is 55.9 Å². The highest BCUT2D eigenvalue weighted by Crippen LogP contribution is 2.31. The molecule has 1 heterocycles. The standard InChI is InChI=1S/C22H29NO3/c1-17(21(25)19-7-9-20(24)10-8-19)23-15-13-22(26,14-16-23)12-11-18-5-3-2-4-6-18/h2-10,17,21,24-26H,11-16H2,1H3. The molecule has 0 aliphatic carbocycles. The number of aromatic hydroxyl groups is 1. The molecule has 0 radical (unpaired) electrons. The van der Waals surface area contributed by atoms with Gasteiger partial charge >= 0.3 is 0 Å². The van der Waals surface area contributed by atoms with E-state index >= 15 is 0 Å². The molecule has 0 bridgehead atoms. The lowest BCUT2D eigenvalue weighted by molar-refractivity contribution is -0.0504. The van der Waals surface area contributed by atoms with Crippen LogP contribution in [-0.2, 0) is 6.42 Å². The van der Waals surface area contributed by atoms with Gasteiger partial charge in [0.05, 0.1) is 11.7 Å². The van der Waals surface area contributed by atoms with Crippen LogP contribution in [0.2, 0.25) is 0 Å². The predicted octanol–water partition coefficient (Wildman–Crippen LogP) is 3.27. The minimum absolute atomic E-state index is 0.0294. The van der Waals surface area contributed by atoms with Crippen molar-refractivity contribution in [3.05, 3.63) is 65.7 Å². The van der Waals surface area contributed by atoms with Crippen molar-refractivity contribution >= 4 is 0 Å². The number of aliphatic hydroxyl groups is 2. The third-order valence-electron chi connectivity index (χ3n) is 5.72. The molecule has 2 unspecified atom stereocenters. The number of piperidine rings is 1. The number of phenolic OH excluding ortho intramolecular Hbond substituents is 1. The summed E-state index contributed by atoms with van der Waals surface area (Å²) in [6, 6.07) is 17.0. The smallest absolute Gasteiger partial charge is 0.115 e. The number of rotatable bonds is 6. The first-order valence-corrected chi connectivity index (χ1v) is 9.44. The van der Waals surface area contributed by atoms with Crippen LogP contribution < -0.4 is 0 Å². The Balaban J connectivity index is 1.52. The monoisotopic (exact) mass is 355 g/mol. The largest absolute Gasteiger partial charge is 0.508 e. The number of aliphatic hydroxyl groups excluding tert-OH is 1. The van der Waals surface area contributed by atoms with E-state index in [-0.39, 0.29) is 11.8 Å². The van der Waals surface area contributed by atoms with Crippen LogP contribution in [0.1, 0.15) is 43.4 Å². The molecule has 2 aromatic carbocycles. The van der Waals surface area contributed by atoms with Crippen LogP contribution in [0.4, 0.5) is 0 Å². The Morgan fingerprint density at radius 2 is 1.62 bits per heavy atom. The second-order valence-corrected chi connectivity index (χ2v) is 7.52. The first-order chi connectivity index (χ1) is 12.5. The van der Waals surface area contributed by atoms with E-state index in [1.165, 1.54) is 5.56 Å². The summed E-state index contributed by atoms with van der Waals surface area (Å²) in [6.07, 6.45) is 2.52. The lowest BCUT2D eigenvalue weighted by atomic mass is 9.85. The van der Waals surface area contributed by atoms with E-state index in [4.69, 9.17) is 0 Å². The fourth-order valence-electron chi connectivity index (χ4n) is 3.77. The Hall–Kier alpha value is -1.88. The van der Waals surface area contributed by atoms with Gasteiger partial charge in [-0.15, -0.1) is 0 Å². The second-order valence-electron chi connectivity index (χ2n) is 7.52. The summed E-state index contributed by atoms with van der Waals surface area (Å²) in [5, 5.41) is 30.9. The molecule has 3 rings (SSSR count). The molecule has 0 amide bonds. The van der Waals surface area contributed by atoms with Gasteiger partial charge in [0.25, 0.3) is 0 Å². The molecule has 0 spiro atoms. The molecule has 2 atom stereocenters. The van der Waals surface area contributed by atoms with Gasteiger partial charge in [0.1, 0.15) is 5.75 Å². The van der Waals surface area contributed by atoms with Gasteiger partial charge in [-0.25, -0.2) is 0 Å². The first-order valence-electron chi connectivity index (χ1n) is 9.44. The maximum atomic E-state index is 10.9. The zero-order chi connectivity index (χ0) is 18.6. The van der Waals surface area contributed by atoms with Gasteiger partial charge in [-0.3, -0.25) is 4.90 Å². The summed E-state index contributed by atoms with van der Waals surface area (Å²) in [6.45, 7) is 3.58. The summed E-state index contributed by atoms with van der Waals surface area (Å²) >= 11 is 0. The van der Waals surface area contributed by atoms with Crippen LogP contribution in [-0.4, -0.2) is 45.0 Å². The van der Waals surface area contributed by atoms with E-state index in [0.29, 0.717) is 0 Å². The normalized spacial score (nSPS) is 19.8. The topological polar surface area (TPSA) is 63.9 Å². The molecule has 4 nitrogen and oxygen atoms in total. The molecule has 140 valence electrons. The number of phenols is 1. The molecule has 1 aliphatic rings. The van der Waals surface area contributed by atoms with Crippen molar-refractivity contribution in [3.63, 3.8) is 0 Å². The van der Waals surface area contributed by atoms with Gasteiger partial charge in [0.15, 0.2) is 0 Å². The van der Waals surface area contributed by atoms with Crippen molar-refractivity contribution in [1.29, 1.82) is 0 Å². The van der Waals surface area contributed by atoms with Crippen LogP contribution in [0.3, 0.4) is 0 Å². The van der Waals surface area contributed by atoms with Crippen LogP contribution >= 0.6 is 0 Å². The van der Waals surface area contributed by atoms with Crippen molar-refractivity contribution in [3.8, 4) is 5.75 Å². The molecule has 1 saturated heterocycles. The van der Waals surface area contributed by atoms with Gasteiger partial charge in [0.2, 0.25) is 0 Å². The van der Waals surface area contributed by atoms with Crippen molar-refractivity contribution in [2.24, 2.45) is 0 Å². The van der Waals surface area contributed by atoms with Crippen LogP contribution in [0.15, 0.2) is 54.6 Å². The molecule has 0 saturated carbocycles. The molecule has 4 heteroatoms. The summed E-state index contributed by atoms with van der Waals surface area (Å²) < 4.78 is 0.